The highest BCUT2D eigenvalue weighted by Crippen LogP contribution is 2.14. The van der Waals surface area contributed by atoms with Crippen LogP contribution in [0.3, 0.4) is 0 Å². The molecule has 0 amide bonds. The van der Waals surface area contributed by atoms with Gasteiger partial charge in [-0.3, -0.25) is 0 Å². The summed E-state index contributed by atoms with van der Waals surface area (Å²) in [5, 5.41) is 3.74. The molecule has 0 aromatic rings. The zero-order valence-corrected chi connectivity index (χ0v) is 12.9. The third kappa shape index (κ3) is 7.38. The van der Waals surface area contributed by atoms with Crippen molar-refractivity contribution in [3.05, 3.63) is 0 Å². The molecule has 0 aromatic carbocycles. The first-order valence-electron chi connectivity index (χ1n) is 8.14. The van der Waals surface area contributed by atoms with Crippen LogP contribution in [-0.4, -0.2) is 37.6 Å². The first-order chi connectivity index (χ1) is 8.72. The normalized spacial score (nSPS) is 23.2. The second-order valence-electron chi connectivity index (χ2n) is 6.28. The topological polar surface area (TPSA) is 15.3 Å². The van der Waals surface area contributed by atoms with Crippen molar-refractivity contribution < 1.29 is 0 Å². The highest BCUT2D eigenvalue weighted by Gasteiger charge is 2.17. The number of hydrogen-bond donors (Lipinski definition) is 1. The van der Waals surface area contributed by atoms with Crippen LogP contribution in [0.5, 0.6) is 0 Å². The Hall–Kier alpha value is -0.0800. The van der Waals surface area contributed by atoms with Crippen LogP contribution < -0.4 is 5.32 Å². The summed E-state index contributed by atoms with van der Waals surface area (Å²) >= 11 is 0. The Morgan fingerprint density at radius 3 is 2.72 bits per heavy atom. The van der Waals surface area contributed by atoms with Crippen molar-refractivity contribution in [2.24, 2.45) is 5.92 Å². The standard InChI is InChI=1S/C16H34N2/c1-4-5-6-7-8-10-15(2)17-13-16-11-9-12-18(3)14-16/h15-17H,4-14H2,1-3H3. The number of likely N-dealkylation sites (tertiary alicyclic amines) is 1. The van der Waals surface area contributed by atoms with E-state index in [4.69, 9.17) is 0 Å². The number of nitrogens with zero attached hydrogens (tertiary/aromatic N) is 1. The molecule has 0 aromatic heterocycles. The Kier molecular flexibility index (Phi) is 8.70. The van der Waals surface area contributed by atoms with Crippen LogP contribution in [0, 0.1) is 5.92 Å². The molecule has 1 fully saturated rings. The molecule has 1 N–H and O–H groups in total. The fourth-order valence-electron chi connectivity index (χ4n) is 2.96. The second kappa shape index (κ2) is 9.80. The lowest BCUT2D eigenvalue weighted by Crippen LogP contribution is -2.39. The average molecular weight is 254 g/mol. The first kappa shape index (κ1) is 16.0. The number of piperidine rings is 1. The minimum absolute atomic E-state index is 0.707. The fourth-order valence-corrected chi connectivity index (χ4v) is 2.96. The maximum atomic E-state index is 3.74. The van der Waals surface area contributed by atoms with E-state index in [0.717, 1.165) is 5.92 Å². The van der Waals surface area contributed by atoms with Gasteiger partial charge in [-0.05, 0) is 52.2 Å². The molecular formula is C16H34N2. The molecule has 2 nitrogen and oxygen atoms in total. The van der Waals surface area contributed by atoms with Crippen LogP contribution in [0.25, 0.3) is 0 Å². The molecule has 1 saturated heterocycles. The van der Waals surface area contributed by atoms with Gasteiger partial charge in [0.2, 0.25) is 0 Å². The van der Waals surface area contributed by atoms with Gasteiger partial charge >= 0.3 is 0 Å². The largest absolute Gasteiger partial charge is 0.314 e. The summed E-state index contributed by atoms with van der Waals surface area (Å²) in [6, 6.07) is 0.707. The van der Waals surface area contributed by atoms with Crippen molar-refractivity contribution in [2.75, 3.05) is 26.7 Å². The summed E-state index contributed by atoms with van der Waals surface area (Å²) in [6.07, 6.45) is 11.2. The van der Waals surface area contributed by atoms with Gasteiger partial charge < -0.3 is 10.2 Å². The van der Waals surface area contributed by atoms with E-state index in [9.17, 15) is 0 Å². The number of hydrogen-bond acceptors (Lipinski definition) is 2. The third-order valence-electron chi connectivity index (χ3n) is 4.22. The van der Waals surface area contributed by atoms with Crippen molar-refractivity contribution >= 4 is 0 Å². The molecule has 108 valence electrons. The van der Waals surface area contributed by atoms with E-state index < -0.39 is 0 Å². The molecule has 2 atom stereocenters. The monoisotopic (exact) mass is 254 g/mol. The van der Waals surface area contributed by atoms with Crippen LogP contribution in [0.15, 0.2) is 0 Å². The van der Waals surface area contributed by atoms with Gasteiger partial charge in [0.1, 0.15) is 0 Å². The molecule has 2 unspecified atom stereocenters. The first-order valence-corrected chi connectivity index (χ1v) is 8.14. The Labute approximate surface area is 115 Å². The van der Waals surface area contributed by atoms with Crippen molar-refractivity contribution in [1.82, 2.24) is 10.2 Å². The number of unbranched alkanes of at least 4 members (excludes halogenated alkanes) is 4. The van der Waals surface area contributed by atoms with Crippen LogP contribution in [-0.2, 0) is 0 Å². The van der Waals surface area contributed by atoms with E-state index in [1.807, 2.05) is 0 Å². The molecule has 0 aliphatic carbocycles. The predicted octanol–water partition coefficient (Wildman–Crippen LogP) is 3.67. The van der Waals surface area contributed by atoms with Gasteiger partial charge in [0, 0.05) is 12.6 Å². The van der Waals surface area contributed by atoms with E-state index in [2.05, 4.69) is 31.1 Å². The molecule has 0 spiro atoms. The van der Waals surface area contributed by atoms with E-state index in [-0.39, 0.29) is 0 Å². The molecule has 1 aliphatic rings. The highest BCUT2D eigenvalue weighted by molar-refractivity contribution is 4.74. The Bertz CT molecular complexity index is 194. The SMILES string of the molecule is CCCCCCCC(C)NCC1CCCN(C)C1. The smallest absolute Gasteiger partial charge is 0.00388 e. The molecular weight excluding hydrogens is 220 g/mol. The maximum Gasteiger partial charge on any atom is 0.00388 e. The minimum atomic E-state index is 0.707. The van der Waals surface area contributed by atoms with E-state index in [0.29, 0.717) is 6.04 Å². The summed E-state index contributed by atoms with van der Waals surface area (Å²) in [5.41, 5.74) is 0. The summed E-state index contributed by atoms with van der Waals surface area (Å²) in [7, 11) is 2.25. The second-order valence-corrected chi connectivity index (χ2v) is 6.28. The predicted molar refractivity (Wildman–Crippen MR) is 81.1 cm³/mol. The van der Waals surface area contributed by atoms with Gasteiger partial charge in [-0.15, -0.1) is 0 Å². The average Bonchev–Trinajstić information content (AvgIpc) is 2.36. The molecule has 1 aliphatic heterocycles. The van der Waals surface area contributed by atoms with Crippen molar-refractivity contribution in [3.63, 3.8) is 0 Å². The zero-order valence-electron chi connectivity index (χ0n) is 12.9. The van der Waals surface area contributed by atoms with E-state index >= 15 is 0 Å². The lowest BCUT2D eigenvalue weighted by Gasteiger charge is -2.30. The quantitative estimate of drug-likeness (QED) is 0.632. The third-order valence-corrected chi connectivity index (χ3v) is 4.22. The zero-order chi connectivity index (χ0) is 13.2. The molecule has 0 saturated carbocycles. The molecule has 1 rings (SSSR count). The van der Waals surface area contributed by atoms with Crippen LogP contribution in [0.4, 0.5) is 0 Å². The Balaban J connectivity index is 1.97. The summed E-state index contributed by atoms with van der Waals surface area (Å²) in [4.78, 5) is 2.48. The molecule has 0 bridgehead atoms. The van der Waals surface area contributed by atoms with E-state index in [1.54, 1.807) is 0 Å². The highest BCUT2D eigenvalue weighted by atomic mass is 15.1. The van der Waals surface area contributed by atoms with Crippen molar-refractivity contribution in [3.8, 4) is 0 Å². The fraction of sp³-hybridized carbons (Fsp3) is 1.00. The summed E-state index contributed by atoms with van der Waals surface area (Å²) < 4.78 is 0. The van der Waals surface area contributed by atoms with Crippen LogP contribution in [0.1, 0.15) is 65.2 Å². The molecule has 18 heavy (non-hydrogen) atoms. The number of nitrogens with one attached hydrogen (secondary N) is 1. The maximum absolute atomic E-state index is 3.74. The number of rotatable bonds is 9. The molecule has 1 heterocycles. The van der Waals surface area contributed by atoms with Crippen LogP contribution in [0.2, 0.25) is 0 Å². The summed E-state index contributed by atoms with van der Waals surface area (Å²) in [6.45, 7) is 8.44. The van der Waals surface area contributed by atoms with Gasteiger partial charge in [-0.1, -0.05) is 39.0 Å². The Morgan fingerprint density at radius 1 is 1.22 bits per heavy atom. The minimum Gasteiger partial charge on any atom is -0.314 e. The van der Waals surface area contributed by atoms with Gasteiger partial charge in [-0.2, -0.15) is 0 Å². The van der Waals surface area contributed by atoms with Crippen LogP contribution >= 0.6 is 0 Å². The molecule has 0 radical (unpaired) electrons. The molecule has 2 heteroatoms. The summed E-state index contributed by atoms with van der Waals surface area (Å²) in [5.74, 6) is 0.881. The lowest BCUT2D eigenvalue weighted by molar-refractivity contribution is 0.202. The van der Waals surface area contributed by atoms with Gasteiger partial charge in [0.05, 0.1) is 0 Å². The Morgan fingerprint density at radius 2 is 2.00 bits per heavy atom. The van der Waals surface area contributed by atoms with Gasteiger partial charge in [0.15, 0.2) is 0 Å². The van der Waals surface area contributed by atoms with Gasteiger partial charge in [-0.25, -0.2) is 0 Å². The lowest BCUT2D eigenvalue weighted by atomic mass is 9.98. The van der Waals surface area contributed by atoms with Crippen molar-refractivity contribution in [2.45, 2.75) is 71.3 Å². The van der Waals surface area contributed by atoms with Gasteiger partial charge in [0.25, 0.3) is 0 Å². The van der Waals surface area contributed by atoms with E-state index in [1.165, 1.54) is 71.0 Å². The van der Waals surface area contributed by atoms with Crippen molar-refractivity contribution in [1.29, 1.82) is 0 Å².